The normalized spacial score (nSPS) is 11.4. The van der Waals surface area contributed by atoms with Crippen LogP contribution in [-0.2, 0) is 20.0 Å². The second kappa shape index (κ2) is 5.48. The van der Waals surface area contributed by atoms with Gasteiger partial charge in [0.2, 0.25) is 0 Å². The summed E-state index contributed by atoms with van der Waals surface area (Å²) in [6.45, 7) is 2.70. The van der Waals surface area contributed by atoms with E-state index < -0.39 is 0 Å². The Morgan fingerprint density at radius 2 is 2.10 bits per heavy atom. The zero-order chi connectivity index (χ0) is 15.1. The fourth-order valence-electron chi connectivity index (χ4n) is 2.54. The highest BCUT2D eigenvalue weighted by Gasteiger charge is 2.13. The third kappa shape index (κ3) is 2.61. The maximum absolute atomic E-state index is 6.22. The molecule has 0 aliphatic carbocycles. The van der Waals surface area contributed by atoms with Gasteiger partial charge in [-0.1, -0.05) is 29.3 Å². The molecule has 2 heterocycles. The summed E-state index contributed by atoms with van der Waals surface area (Å²) in [5.41, 5.74) is 3.99. The van der Waals surface area contributed by atoms with E-state index in [2.05, 4.69) is 14.6 Å². The van der Waals surface area contributed by atoms with E-state index in [1.807, 2.05) is 30.8 Å². The second-order valence-electron chi connectivity index (χ2n) is 4.98. The maximum Gasteiger partial charge on any atom is 0.179 e. The SMILES string of the molecule is Cc1nn(C)c2c1[nH]c(=S)n2CCc1ccc(Cl)cc1Cl. The molecule has 0 saturated heterocycles. The predicted molar refractivity (Wildman–Crippen MR) is 88.8 cm³/mol. The Kier molecular flexibility index (Phi) is 3.82. The van der Waals surface area contributed by atoms with Crippen LogP contribution in [-0.4, -0.2) is 19.3 Å². The molecule has 0 spiro atoms. The van der Waals surface area contributed by atoms with Crippen molar-refractivity contribution in [3.63, 3.8) is 0 Å². The number of imidazole rings is 1. The van der Waals surface area contributed by atoms with E-state index in [1.54, 1.807) is 6.07 Å². The molecule has 0 radical (unpaired) electrons. The molecule has 7 heteroatoms. The van der Waals surface area contributed by atoms with Crippen molar-refractivity contribution in [1.29, 1.82) is 0 Å². The zero-order valence-electron chi connectivity index (χ0n) is 11.7. The van der Waals surface area contributed by atoms with Crippen LogP contribution in [0.15, 0.2) is 18.2 Å². The van der Waals surface area contributed by atoms with Crippen LogP contribution in [0.5, 0.6) is 0 Å². The van der Waals surface area contributed by atoms with Crippen LogP contribution < -0.4 is 0 Å². The monoisotopic (exact) mass is 340 g/mol. The van der Waals surface area contributed by atoms with E-state index in [4.69, 9.17) is 35.4 Å². The summed E-state index contributed by atoms with van der Waals surface area (Å²) in [4.78, 5) is 3.22. The summed E-state index contributed by atoms with van der Waals surface area (Å²) in [7, 11) is 1.92. The van der Waals surface area contributed by atoms with Crippen LogP contribution in [0, 0.1) is 11.7 Å². The molecule has 0 fully saturated rings. The highest BCUT2D eigenvalue weighted by Crippen LogP contribution is 2.23. The Balaban J connectivity index is 1.95. The lowest BCUT2D eigenvalue weighted by Gasteiger charge is -2.07. The van der Waals surface area contributed by atoms with Gasteiger partial charge in [-0.05, 0) is 43.3 Å². The Morgan fingerprint density at radius 3 is 2.81 bits per heavy atom. The maximum atomic E-state index is 6.22. The molecular weight excluding hydrogens is 327 g/mol. The average Bonchev–Trinajstić information content (AvgIpc) is 2.87. The van der Waals surface area contributed by atoms with Crippen molar-refractivity contribution in [2.75, 3.05) is 0 Å². The third-order valence-electron chi connectivity index (χ3n) is 3.54. The van der Waals surface area contributed by atoms with E-state index in [-0.39, 0.29) is 0 Å². The number of rotatable bonds is 3. The number of nitrogens with one attached hydrogen (secondary N) is 1. The van der Waals surface area contributed by atoms with Crippen LogP contribution in [0.25, 0.3) is 11.2 Å². The molecule has 0 aliphatic rings. The summed E-state index contributed by atoms with van der Waals surface area (Å²) in [5.74, 6) is 0. The first-order chi connectivity index (χ1) is 9.97. The number of nitrogens with zero attached hydrogens (tertiary/aromatic N) is 3. The van der Waals surface area contributed by atoms with Crippen molar-refractivity contribution >= 4 is 46.6 Å². The summed E-state index contributed by atoms with van der Waals surface area (Å²) >= 11 is 17.5. The fourth-order valence-corrected chi connectivity index (χ4v) is 3.32. The lowest BCUT2D eigenvalue weighted by Crippen LogP contribution is -2.05. The number of hydrogen-bond acceptors (Lipinski definition) is 2. The molecule has 4 nitrogen and oxygen atoms in total. The first-order valence-electron chi connectivity index (χ1n) is 6.53. The van der Waals surface area contributed by atoms with Crippen molar-refractivity contribution in [3.05, 3.63) is 44.3 Å². The number of H-pyrrole nitrogens is 1. The largest absolute Gasteiger partial charge is 0.328 e. The van der Waals surface area contributed by atoms with Crippen molar-refractivity contribution in [3.8, 4) is 0 Å². The molecule has 0 amide bonds. The predicted octanol–water partition coefficient (Wildman–Crippen LogP) is 4.29. The van der Waals surface area contributed by atoms with Gasteiger partial charge in [-0.2, -0.15) is 5.10 Å². The van der Waals surface area contributed by atoms with Crippen molar-refractivity contribution in [1.82, 2.24) is 19.3 Å². The van der Waals surface area contributed by atoms with Crippen LogP contribution in [0.1, 0.15) is 11.3 Å². The number of aromatic amines is 1. The lowest BCUT2D eigenvalue weighted by atomic mass is 10.1. The number of fused-ring (bicyclic) bond motifs is 1. The lowest BCUT2D eigenvalue weighted by molar-refractivity contribution is 0.664. The van der Waals surface area contributed by atoms with Gasteiger partial charge in [0.15, 0.2) is 10.4 Å². The standard InChI is InChI=1S/C14H14Cl2N4S/c1-8-12-13(19(2)18-8)20(14(21)17-12)6-5-9-3-4-10(15)7-11(9)16/h3-4,7H,5-6H2,1-2H3,(H,17,21). The van der Waals surface area contributed by atoms with Crippen LogP contribution in [0.2, 0.25) is 10.0 Å². The van der Waals surface area contributed by atoms with Gasteiger partial charge in [-0.15, -0.1) is 0 Å². The Bertz CT molecular complexity index is 875. The van der Waals surface area contributed by atoms with Gasteiger partial charge >= 0.3 is 0 Å². The Hall–Kier alpha value is -1.30. The molecule has 3 aromatic rings. The average molecular weight is 341 g/mol. The van der Waals surface area contributed by atoms with E-state index in [9.17, 15) is 0 Å². The highest BCUT2D eigenvalue weighted by molar-refractivity contribution is 7.71. The number of hydrogen-bond donors (Lipinski definition) is 1. The van der Waals surface area contributed by atoms with Crippen LogP contribution in [0.4, 0.5) is 0 Å². The van der Waals surface area contributed by atoms with Crippen molar-refractivity contribution in [2.24, 2.45) is 7.05 Å². The second-order valence-corrected chi connectivity index (χ2v) is 6.21. The minimum absolute atomic E-state index is 0.645. The minimum Gasteiger partial charge on any atom is -0.328 e. The van der Waals surface area contributed by atoms with E-state index in [0.717, 1.165) is 35.4 Å². The minimum atomic E-state index is 0.645. The van der Waals surface area contributed by atoms with E-state index in [0.29, 0.717) is 14.8 Å². The number of benzene rings is 1. The van der Waals surface area contributed by atoms with Gasteiger partial charge in [0.25, 0.3) is 0 Å². The van der Waals surface area contributed by atoms with E-state index >= 15 is 0 Å². The fraction of sp³-hybridized carbons (Fsp3) is 0.286. The zero-order valence-corrected chi connectivity index (χ0v) is 14.0. The van der Waals surface area contributed by atoms with Crippen LogP contribution >= 0.6 is 35.4 Å². The third-order valence-corrected chi connectivity index (χ3v) is 4.45. The van der Waals surface area contributed by atoms with Crippen LogP contribution in [0.3, 0.4) is 0 Å². The quantitative estimate of drug-likeness (QED) is 0.722. The topological polar surface area (TPSA) is 38.5 Å². The first-order valence-corrected chi connectivity index (χ1v) is 7.70. The number of halogens is 2. The van der Waals surface area contributed by atoms with Gasteiger partial charge in [0.05, 0.1) is 5.69 Å². The van der Waals surface area contributed by atoms with Crippen molar-refractivity contribution < 1.29 is 0 Å². The molecule has 3 rings (SSSR count). The molecule has 2 aromatic heterocycles. The molecule has 0 atom stereocenters. The molecule has 21 heavy (non-hydrogen) atoms. The number of aromatic nitrogens is 4. The Labute approximate surface area is 137 Å². The molecule has 1 aromatic carbocycles. The van der Waals surface area contributed by atoms with Gasteiger partial charge < -0.3 is 9.55 Å². The molecule has 0 bridgehead atoms. The van der Waals surface area contributed by atoms with Gasteiger partial charge in [0.1, 0.15) is 5.52 Å². The Morgan fingerprint density at radius 1 is 1.33 bits per heavy atom. The smallest absolute Gasteiger partial charge is 0.179 e. The van der Waals surface area contributed by atoms with Gasteiger partial charge in [-0.3, -0.25) is 4.68 Å². The summed E-state index contributed by atoms with van der Waals surface area (Å²) in [6.07, 6.45) is 0.779. The molecule has 1 N–H and O–H groups in total. The molecule has 0 saturated carbocycles. The molecular formula is C14H14Cl2N4S. The summed E-state index contributed by atoms with van der Waals surface area (Å²) < 4.78 is 4.60. The van der Waals surface area contributed by atoms with Crippen molar-refractivity contribution in [2.45, 2.75) is 19.9 Å². The molecule has 0 aliphatic heterocycles. The highest BCUT2D eigenvalue weighted by atomic mass is 35.5. The first kappa shape index (κ1) is 14.6. The number of aryl methyl sites for hydroxylation is 4. The van der Waals surface area contributed by atoms with E-state index in [1.165, 1.54) is 0 Å². The van der Waals surface area contributed by atoms with Gasteiger partial charge in [-0.25, -0.2) is 0 Å². The molecule has 0 unspecified atom stereocenters. The molecule has 110 valence electrons. The van der Waals surface area contributed by atoms with Gasteiger partial charge in [0, 0.05) is 23.6 Å². The summed E-state index contributed by atoms with van der Waals surface area (Å²) in [6, 6.07) is 5.56. The summed E-state index contributed by atoms with van der Waals surface area (Å²) in [5, 5.41) is 5.74.